The van der Waals surface area contributed by atoms with Gasteiger partial charge in [0.05, 0.1) is 18.8 Å². The minimum Gasteiger partial charge on any atom is -0.452 e. The molecular weight excluding hydrogens is 250 g/mol. The molecule has 0 aromatic heterocycles. The number of ether oxygens (including phenoxy) is 1. The summed E-state index contributed by atoms with van der Waals surface area (Å²) in [7, 11) is 1.41. The standard InChI is InChI=1S/C17H15NO2/c1-20-17(19)18-15-10-6-5-9-14(15)11-12-16(18)13-7-3-2-4-8-13/h2-12,16H,1H3/t16-/m1/s1. The van der Waals surface area contributed by atoms with Crippen molar-refractivity contribution in [2.24, 2.45) is 0 Å². The lowest BCUT2D eigenvalue weighted by Gasteiger charge is -2.33. The predicted molar refractivity (Wildman–Crippen MR) is 79.5 cm³/mol. The normalized spacial score (nSPS) is 16.6. The van der Waals surface area contributed by atoms with E-state index in [2.05, 4.69) is 0 Å². The van der Waals surface area contributed by atoms with Crippen LogP contribution in [0.15, 0.2) is 60.7 Å². The van der Waals surface area contributed by atoms with Crippen LogP contribution in [0.25, 0.3) is 6.08 Å². The number of fused-ring (bicyclic) bond motifs is 1. The maximum Gasteiger partial charge on any atom is 0.414 e. The van der Waals surface area contributed by atoms with Crippen LogP contribution in [-0.4, -0.2) is 13.2 Å². The molecule has 3 nitrogen and oxygen atoms in total. The Bertz CT molecular complexity index is 649. The number of hydrogen-bond donors (Lipinski definition) is 0. The van der Waals surface area contributed by atoms with E-state index in [-0.39, 0.29) is 12.1 Å². The third kappa shape index (κ3) is 2.07. The summed E-state index contributed by atoms with van der Waals surface area (Å²) in [4.78, 5) is 13.9. The third-order valence-electron chi connectivity index (χ3n) is 3.44. The first-order valence-electron chi connectivity index (χ1n) is 6.50. The number of para-hydroxylation sites is 1. The van der Waals surface area contributed by atoms with Crippen LogP contribution < -0.4 is 4.90 Å². The van der Waals surface area contributed by atoms with E-state index < -0.39 is 0 Å². The zero-order valence-electron chi connectivity index (χ0n) is 11.2. The lowest BCUT2D eigenvalue weighted by molar-refractivity contribution is 0.177. The minimum atomic E-state index is -0.351. The van der Waals surface area contributed by atoms with Crippen molar-refractivity contribution in [1.82, 2.24) is 0 Å². The topological polar surface area (TPSA) is 29.5 Å². The molecule has 2 aromatic rings. The smallest absolute Gasteiger partial charge is 0.414 e. The van der Waals surface area contributed by atoms with Crippen molar-refractivity contribution in [2.75, 3.05) is 12.0 Å². The minimum absolute atomic E-state index is 0.140. The van der Waals surface area contributed by atoms with Gasteiger partial charge in [-0.1, -0.05) is 60.7 Å². The summed E-state index contributed by atoms with van der Waals surface area (Å²) in [6.45, 7) is 0. The summed E-state index contributed by atoms with van der Waals surface area (Å²) in [6, 6.07) is 17.6. The first kappa shape index (κ1) is 12.5. The lowest BCUT2D eigenvalue weighted by Crippen LogP contribution is -2.35. The number of carbonyl (C=O) groups excluding carboxylic acids is 1. The molecule has 100 valence electrons. The molecule has 0 spiro atoms. The Labute approximate surface area is 118 Å². The molecule has 20 heavy (non-hydrogen) atoms. The van der Waals surface area contributed by atoms with Gasteiger partial charge < -0.3 is 4.74 Å². The lowest BCUT2D eigenvalue weighted by atomic mass is 9.98. The van der Waals surface area contributed by atoms with E-state index >= 15 is 0 Å². The number of benzene rings is 2. The van der Waals surface area contributed by atoms with Gasteiger partial charge in [-0.2, -0.15) is 0 Å². The molecule has 0 saturated carbocycles. The first-order valence-corrected chi connectivity index (χ1v) is 6.50. The van der Waals surface area contributed by atoms with E-state index in [1.807, 2.05) is 66.7 Å². The van der Waals surface area contributed by atoms with Gasteiger partial charge >= 0.3 is 6.09 Å². The summed E-state index contributed by atoms with van der Waals surface area (Å²) >= 11 is 0. The van der Waals surface area contributed by atoms with Crippen LogP contribution in [-0.2, 0) is 4.74 Å². The molecule has 0 aliphatic carbocycles. The maximum atomic E-state index is 12.2. The first-order chi connectivity index (χ1) is 9.81. The monoisotopic (exact) mass is 265 g/mol. The molecule has 3 heteroatoms. The van der Waals surface area contributed by atoms with Gasteiger partial charge in [-0.15, -0.1) is 0 Å². The fourth-order valence-electron chi connectivity index (χ4n) is 2.50. The van der Waals surface area contributed by atoms with E-state index in [4.69, 9.17) is 4.74 Å². The average molecular weight is 265 g/mol. The van der Waals surface area contributed by atoms with Crippen molar-refractivity contribution < 1.29 is 9.53 Å². The van der Waals surface area contributed by atoms with Gasteiger partial charge in [0.25, 0.3) is 0 Å². The predicted octanol–water partition coefficient (Wildman–Crippen LogP) is 4.03. The Morgan fingerprint density at radius 2 is 1.75 bits per heavy atom. The Morgan fingerprint density at radius 1 is 1.05 bits per heavy atom. The summed E-state index contributed by atoms with van der Waals surface area (Å²) in [5.41, 5.74) is 2.95. The van der Waals surface area contributed by atoms with Crippen molar-refractivity contribution in [1.29, 1.82) is 0 Å². The second-order valence-corrected chi connectivity index (χ2v) is 4.61. The van der Waals surface area contributed by atoms with Crippen molar-refractivity contribution in [3.8, 4) is 0 Å². The largest absolute Gasteiger partial charge is 0.452 e. The van der Waals surface area contributed by atoms with Gasteiger partial charge in [-0.25, -0.2) is 4.79 Å². The highest BCUT2D eigenvalue weighted by Crippen LogP contribution is 2.36. The van der Waals surface area contributed by atoms with Crippen molar-refractivity contribution >= 4 is 17.9 Å². The Morgan fingerprint density at radius 3 is 2.50 bits per heavy atom. The van der Waals surface area contributed by atoms with Gasteiger partial charge in [0.2, 0.25) is 0 Å². The number of carbonyl (C=O) groups is 1. The van der Waals surface area contributed by atoms with Gasteiger partial charge in [0, 0.05) is 0 Å². The van der Waals surface area contributed by atoms with Gasteiger partial charge in [-0.3, -0.25) is 4.90 Å². The molecule has 3 rings (SSSR count). The fraction of sp³-hybridized carbons (Fsp3) is 0.118. The van der Waals surface area contributed by atoms with E-state index in [9.17, 15) is 4.79 Å². The molecule has 2 aromatic carbocycles. The van der Waals surface area contributed by atoms with E-state index in [0.29, 0.717) is 0 Å². The van der Waals surface area contributed by atoms with E-state index in [0.717, 1.165) is 16.8 Å². The molecule has 1 aliphatic rings. The van der Waals surface area contributed by atoms with Gasteiger partial charge in [-0.05, 0) is 17.2 Å². The second kappa shape index (κ2) is 5.21. The zero-order chi connectivity index (χ0) is 13.9. The molecule has 1 atom stereocenters. The van der Waals surface area contributed by atoms with Gasteiger partial charge in [0.15, 0.2) is 0 Å². The van der Waals surface area contributed by atoms with Crippen LogP contribution in [0.2, 0.25) is 0 Å². The molecular formula is C17H15NO2. The fourth-order valence-corrected chi connectivity index (χ4v) is 2.50. The van der Waals surface area contributed by atoms with Crippen molar-refractivity contribution in [2.45, 2.75) is 6.04 Å². The molecule has 0 saturated heterocycles. The highest BCUT2D eigenvalue weighted by atomic mass is 16.5. The SMILES string of the molecule is COC(=O)N1c2ccccc2C=C[C@@H]1c1ccccc1. The number of methoxy groups -OCH3 is 1. The zero-order valence-corrected chi connectivity index (χ0v) is 11.2. The van der Waals surface area contributed by atoms with Crippen LogP contribution in [0.3, 0.4) is 0 Å². The number of nitrogens with zero attached hydrogens (tertiary/aromatic N) is 1. The second-order valence-electron chi connectivity index (χ2n) is 4.61. The number of anilines is 1. The van der Waals surface area contributed by atoms with E-state index in [1.165, 1.54) is 7.11 Å². The summed E-state index contributed by atoms with van der Waals surface area (Å²) in [5, 5.41) is 0. The maximum absolute atomic E-state index is 12.2. The Hall–Kier alpha value is -2.55. The van der Waals surface area contributed by atoms with Crippen LogP contribution in [0.5, 0.6) is 0 Å². The molecule has 0 radical (unpaired) electrons. The van der Waals surface area contributed by atoms with Crippen LogP contribution in [0, 0.1) is 0 Å². The molecule has 0 N–H and O–H groups in total. The van der Waals surface area contributed by atoms with Crippen LogP contribution >= 0.6 is 0 Å². The Kier molecular flexibility index (Phi) is 3.25. The molecule has 1 heterocycles. The van der Waals surface area contributed by atoms with Crippen molar-refractivity contribution in [3.05, 3.63) is 71.8 Å². The van der Waals surface area contributed by atoms with Crippen molar-refractivity contribution in [3.63, 3.8) is 0 Å². The summed E-state index contributed by atoms with van der Waals surface area (Å²) in [6.07, 6.45) is 3.72. The summed E-state index contributed by atoms with van der Waals surface area (Å²) < 4.78 is 4.95. The molecule has 0 unspecified atom stereocenters. The summed E-state index contributed by atoms with van der Waals surface area (Å²) in [5.74, 6) is 0. The average Bonchev–Trinajstić information content (AvgIpc) is 2.54. The molecule has 0 fully saturated rings. The highest BCUT2D eigenvalue weighted by Gasteiger charge is 2.29. The molecule has 1 aliphatic heterocycles. The van der Waals surface area contributed by atoms with Gasteiger partial charge in [0.1, 0.15) is 0 Å². The number of hydrogen-bond acceptors (Lipinski definition) is 2. The van der Waals surface area contributed by atoms with E-state index in [1.54, 1.807) is 4.90 Å². The number of amides is 1. The highest BCUT2D eigenvalue weighted by molar-refractivity contribution is 5.93. The Balaban J connectivity index is 2.10. The number of rotatable bonds is 1. The quantitative estimate of drug-likeness (QED) is 0.779. The molecule has 1 amide bonds. The molecule has 0 bridgehead atoms. The van der Waals surface area contributed by atoms with Crippen LogP contribution in [0.4, 0.5) is 10.5 Å². The van der Waals surface area contributed by atoms with Crippen LogP contribution in [0.1, 0.15) is 17.2 Å². The third-order valence-corrected chi connectivity index (χ3v) is 3.44.